The van der Waals surface area contributed by atoms with E-state index in [9.17, 15) is 79.4 Å². The second kappa shape index (κ2) is 15.4. The lowest BCUT2D eigenvalue weighted by Crippen LogP contribution is -2.75. The van der Waals surface area contributed by atoms with Crippen molar-refractivity contribution >= 4 is 5.78 Å². The highest BCUT2D eigenvalue weighted by molar-refractivity contribution is 6.02. The average Bonchev–Trinajstić information content (AvgIpc) is 3.07. The van der Waals surface area contributed by atoms with Gasteiger partial charge in [0.15, 0.2) is 0 Å². The van der Waals surface area contributed by atoms with Crippen LogP contribution in [0.15, 0.2) is 24.3 Å². The lowest BCUT2D eigenvalue weighted by atomic mass is 9.74. The zero-order valence-corrected chi connectivity index (χ0v) is 27.9. The molecule has 0 saturated heterocycles. The molecule has 2 fully saturated rings. The van der Waals surface area contributed by atoms with E-state index in [4.69, 9.17) is 0 Å². The number of carbonyl (C=O) groups excluding carboxylic acids is 1. The molecule has 2 aliphatic carbocycles. The van der Waals surface area contributed by atoms with Gasteiger partial charge >= 0.3 is 47.6 Å². The Balaban J connectivity index is 1.66. The zero-order chi connectivity index (χ0) is 39.8. The number of rotatable bonds is 16. The summed E-state index contributed by atoms with van der Waals surface area (Å²) >= 11 is 0. The number of unbranched alkanes of at least 4 members (excludes halogenated alkanes) is 2. The molecular weight excluding hydrogens is 747 g/mol. The lowest BCUT2D eigenvalue weighted by Gasteiger charge is -2.42. The highest BCUT2D eigenvalue weighted by Gasteiger charge is 2.95. The Morgan fingerprint density at radius 1 is 0.500 bits per heavy atom. The number of hydrogen-bond donors (Lipinski definition) is 0. The molecule has 18 heteroatoms. The fourth-order valence-corrected chi connectivity index (χ4v) is 7.14. The van der Waals surface area contributed by atoms with Crippen molar-refractivity contribution in [2.45, 2.75) is 150 Å². The molecular formula is C34H39F17O. The first-order valence-corrected chi connectivity index (χ1v) is 17.0. The lowest BCUT2D eigenvalue weighted by molar-refractivity contribution is -0.459. The molecule has 1 nitrogen and oxygen atoms in total. The highest BCUT2D eigenvalue weighted by Crippen LogP contribution is 2.64. The van der Waals surface area contributed by atoms with E-state index in [1.807, 2.05) is 0 Å². The van der Waals surface area contributed by atoms with Crippen LogP contribution in [0.5, 0.6) is 0 Å². The predicted octanol–water partition coefficient (Wildman–Crippen LogP) is 13.3. The maximum absolute atomic E-state index is 14.5. The molecule has 300 valence electrons. The molecule has 1 aromatic carbocycles. The molecule has 0 aromatic heterocycles. The summed E-state index contributed by atoms with van der Waals surface area (Å²) in [5.74, 6) is -59.7. The third kappa shape index (κ3) is 7.91. The van der Waals surface area contributed by atoms with E-state index >= 15 is 0 Å². The van der Waals surface area contributed by atoms with Crippen LogP contribution in [0.4, 0.5) is 74.6 Å². The van der Waals surface area contributed by atoms with Gasteiger partial charge in [0.2, 0.25) is 5.78 Å². The Labute approximate surface area is 289 Å². The molecule has 3 rings (SSSR count). The molecule has 2 saturated carbocycles. The van der Waals surface area contributed by atoms with Crippen LogP contribution in [-0.4, -0.2) is 53.4 Å². The van der Waals surface area contributed by atoms with Crippen LogP contribution in [-0.2, 0) is 0 Å². The normalized spacial score (nSPS) is 23.5. The van der Waals surface area contributed by atoms with Crippen LogP contribution in [0.3, 0.4) is 0 Å². The number of carbonyl (C=O) groups is 1. The Bertz CT molecular complexity index is 1320. The van der Waals surface area contributed by atoms with Gasteiger partial charge in [-0.25, -0.2) is 0 Å². The highest BCUT2D eigenvalue weighted by atomic mass is 19.4. The van der Waals surface area contributed by atoms with Gasteiger partial charge in [0, 0.05) is 5.56 Å². The maximum atomic E-state index is 14.5. The molecule has 1 aromatic rings. The standard InChI is InChI=1S/C34H39F17O/c1-2-3-4-5-20-6-8-21(9-7-20)10-11-22-12-14-23(15-13-22)24-16-18-25(19-17-24)26(52)27(35,36)28(37,38)29(39,40)30(41,42)31(43,44)32(45,46)33(47,48)34(49,50)51/h16-23H,2-15H2,1H3/t20-,21-,22-,23-. The van der Waals surface area contributed by atoms with E-state index in [0.29, 0.717) is 42.4 Å². The van der Waals surface area contributed by atoms with Crippen molar-refractivity contribution in [3.8, 4) is 0 Å². The predicted molar refractivity (Wildman–Crippen MR) is 155 cm³/mol. The van der Waals surface area contributed by atoms with Crippen LogP contribution >= 0.6 is 0 Å². The van der Waals surface area contributed by atoms with Gasteiger partial charge in [0.25, 0.3) is 0 Å². The van der Waals surface area contributed by atoms with Gasteiger partial charge in [0.05, 0.1) is 0 Å². The van der Waals surface area contributed by atoms with Gasteiger partial charge in [-0.05, 0) is 54.9 Å². The van der Waals surface area contributed by atoms with E-state index in [2.05, 4.69) is 6.92 Å². The van der Waals surface area contributed by atoms with Crippen molar-refractivity contribution in [2.75, 3.05) is 0 Å². The molecule has 2 aliphatic rings. The van der Waals surface area contributed by atoms with Crippen molar-refractivity contribution in [3.63, 3.8) is 0 Å². The smallest absolute Gasteiger partial charge is 0.287 e. The molecule has 52 heavy (non-hydrogen) atoms. The van der Waals surface area contributed by atoms with Gasteiger partial charge in [0.1, 0.15) is 0 Å². The molecule has 0 unspecified atom stereocenters. The second-order valence-electron chi connectivity index (χ2n) is 14.1. The molecule has 0 radical (unpaired) electrons. The third-order valence-corrected chi connectivity index (χ3v) is 10.7. The molecule has 0 amide bonds. The number of Topliss-reactive ketones (excluding diaryl/α,β-unsaturated/α-hetero) is 1. The summed E-state index contributed by atoms with van der Waals surface area (Å²) in [6.45, 7) is 2.17. The van der Waals surface area contributed by atoms with Crippen LogP contribution in [0.2, 0.25) is 0 Å². The van der Waals surface area contributed by atoms with Crippen molar-refractivity contribution in [1.82, 2.24) is 0 Å². The minimum absolute atomic E-state index is 0.206. The summed E-state index contributed by atoms with van der Waals surface area (Å²) in [6, 6.07) is 2.81. The largest absolute Gasteiger partial charge is 0.460 e. The van der Waals surface area contributed by atoms with Gasteiger partial charge in [-0.1, -0.05) is 95.4 Å². The Kier molecular flexibility index (Phi) is 13.1. The number of halogens is 17. The first kappa shape index (κ1) is 44.1. The summed E-state index contributed by atoms with van der Waals surface area (Å²) in [4.78, 5) is 12.2. The van der Waals surface area contributed by atoms with Gasteiger partial charge in [-0.2, -0.15) is 74.6 Å². The summed E-state index contributed by atoms with van der Waals surface area (Å²) < 4.78 is 231. The second-order valence-corrected chi connectivity index (χ2v) is 14.1. The summed E-state index contributed by atoms with van der Waals surface area (Å²) in [5, 5.41) is 0. The minimum atomic E-state index is -8.74. The van der Waals surface area contributed by atoms with E-state index in [-0.39, 0.29) is 5.92 Å². The molecule has 0 spiro atoms. The Hall–Kier alpha value is -2.30. The van der Waals surface area contributed by atoms with Crippen LogP contribution in [0, 0.1) is 17.8 Å². The average molecular weight is 787 g/mol. The fraction of sp³-hybridized carbons (Fsp3) is 0.794. The molecule has 0 N–H and O–H groups in total. The first-order chi connectivity index (χ1) is 23.6. The molecule has 0 bridgehead atoms. The molecule has 0 heterocycles. The van der Waals surface area contributed by atoms with Crippen molar-refractivity contribution < 1.29 is 79.4 Å². The van der Waals surface area contributed by atoms with E-state index in [1.165, 1.54) is 51.4 Å². The number of alkyl halides is 17. The van der Waals surface area contributed by atoms with Gasteiger partial charge in [-0.3, -0.25) is 4.79 Å². The van der Waals surface area contributed by atoms with E-state index in [1.54, 1.807) is 0 Å². The first-order valence-electron chi connectivity index (χ1n) is 17.0. The Morgan fingerprint density at radius 2 is 0.865 bits per heavy atom. The third-order valence-electron chi connectivity index (χ3n) is 10.7. The maximum Gasteiger partial charge on any atom is 0.460 e. The summed E-state index contributed by atoms with van der Waals surface area (Å²) in [7, 11) is 0. The quantitative estimate of drug-likeness (QED) is 0.0927. The number of hydrogen-bond acceptors (Lipinski definition) is 1. The van der Waals surface area contributed by atoms with Crippen molar-refractivity contribution in [2.24, 2.45) is 17.8 Å². The van der Waals surface area contributed by atoms with Crippen LogP contribution < -0.4 is 0 Å². The molecule has 0 atom stereocenters. The number of benzene rings is 1. The van der Waals surface area contributed by atoms with Crippen molar-refractivity contribution in [1.29, 1.82) is 0 Å². The summed E-state index contributed by atoms with van der Waals surface area (Å²) in [5.41, 5.74) is -1.14. The monoisotopic (exact) mass is 786 g/mol. The van der Waals surface area contributed by atoms with Gasteiger partial charge < -0.3 is 0 Å². The summed E-state index contributed by atoms with van der Waals surface area (Å²) in [6.07, 6.45) is 6.77. The van der Waals surface area contributed by atoms with Gasteiger partial charge in [-0.15, -0.1) is 0 Å². The number of ketones is 1. The molecule has 0 aliphatic heterocycles. The van der Waals surface area contributed by atoms with Crippen LogP contribution in [0.1, 0.15) is 119 Å². The van der Waals surface area contributed by atoms with Crippen molar-refractivity contribution in [3.05, 3.63) is 35.4 Å². The Morgan fingerprint density at radius 3 is 1.27 bits per heavy atom. The minimum Gasteiger partial charge on any atom is -0.287 e. The van der Waals surface area contributed by atoms with Crippen LogP contribution in [0.25, 0.3) is 0 Å². The topological polar surface area (TPSA) is 17.1 Å². The van der Waals surface area contributed by atoms with E-state index in [0.717, 1.165) is 43.7 Å². The zero-order valence-electron chi connectivity index (χ0n) is 27.9. The fourth-order valence-electron chi connectivity index (χ4n) is 7.14. The SMILES string of the molecule is CCCCC[C@H]1CC[C@H](CC[C@H]2CC[C@H](c3ccc(C(=O)C(F)(F)C(F)(F)C(F)(F)C(F)(F)C(F)(F)C(F)(F)C(F)(F)C(F)(F)F)cc3)CC2)CC1. The van der Waals surface area contributed by atoms with E-state index < -0.39 is 59.0 Å².